The highest BCUT2D eigenvalue weighted by molar-refractivity contribution is 5.87. The molecule has 0 aromatic carbocycles. The molecule has 0 unspecified atom stereocenters. The van der Waals surface area contributed by atoms with Crippen molar-refractivity contribution in [2.75, 3.05) is 39.8 Å². The highest BCUT2D eigenvalue weighted by Gasteiger charge is 2.12. The van der Waals surface area contributed by atoms with E-state index >= 15 is 0 Å². The van der Waals surface area contributed by atoms with Gasteiger partial charge in [-0.1, -0.05) is 6.92 Å². The molecule has 1 heterocycles. The van der Waals surface area contributed by atoms with Gasteiger partial charge in [0, 0.05) is 32.4 Å². The van der Waals surface area contributed by atoms with Crippen molar-refractivity contribution in [1.82, 2.24) is 20.1 Å². The number of carboxylic acids is 1. The molecule has 0 bridgehead atoms. The van der Waals surface area contributed by atoms with E-state index in [1.165, 1.54) is 18.3 Å². The quantitative estimate of drug-likeness (QED) is 0.658. The fraction of sp³-hybridized carbons (Fsp3) is 0.562. The molecular formula is C16H26N4O3. The first-order valence-electron chi connectivity index (χ1n) is 7.83. The molecule has 0 atom stereocenters. The van der Waals surface area contributed by atoms with Crippen LogP contribution in [0.1, 0.15) is 29.9 Å². The van der Waals surface area contributed by atoms with Gasteiger partial charge in [-0.2, -0.15) is 0 Å². The molecule has 23 heavy (non-hydrogen) atoms. The summed E-state index contributed by atoms with van der Waals surface area (Å²) in [7, 11) is 2.03. The molecule has 128 valence electrons. The number of likely N-dealkylation sites (N-methyl/N-ethyl adjacent to an activating group) is 2. The van der Waals surface area contributed by atoms with Crippen LogP contribution in [0.5, 0.6) is 0 Å². The van der Waals surface area contributed by atoms with Crippen LogP contribution in [-0.4, -0.2) is 71.5 Å². The fourth-order valence-electron chi connectivity index (χ4n) is 2.03. The minimum absolute atomic E-state index is 0.0337. The number of rotatable bonds is 10. The molecule has 1 aromatic heterocycles. The van der Waals surface area contributed by atoms with Gasteiger partial charge >= 0.3 is 5.97 Å². The first-order valence-corrected chi connectivity index (χ1v) is 7.83. The molecule has 0 radical (unpaired) electrons. The average Bonchev–Trinajstić information content (AvgIpc) is 2.55. The summed E-state index contributed by atoms with van der Waals surface area (Å²) in [4.78, 5) is 31.1. The van der Waals surface area contributed by atoms with Crippen LogP contribution in [-0.2, 0) is 11.3 Å². The maximum atomic E-state index is 12.2. The van der Waals surface area contributed by atoms with Crippen molar-refractivity contribution in [1.29, 1.82) is 0 Å². The molecule has 2 N–H and O–H groups in total. The first kappa shape index (κ1) is 19.1. The second-order valence-electron chi connectivity index (χ2n) is 5.31. The molecule has 0 aliphatic heterocycles. The van der Waals surface area contributed by atoms with Gasteiger partial charge in [-0.05, 0) is 32.6 Å². The van der Waals surface area contributed by atoms with Crippen LogP contribution in [0.3, 0.4) is 0 Å². The molecule has 7 heteroatoms. The van der Waals surface area contributed by atoms with E-state index in [1.54, 1.807) is 4.90 Å². The number of carbonyl (C=O) groups excluding carboxylic acids is 1. The van der Waals surface area contributed by atoms with Crippen LogP contribution in [0.4, 0.5) is 0 Å². The van der Waals surface area contributed by atoms with Gasteiger partial charge in [-0.3, -0.25) is 9.78 Å². The number of hydrogen-bond donors (Lipinski definition) is 2. The molecule has 0 saturated carbocycles. The number of aromatic nitrogens is 1. The Morgan fingerprint density at radius 3 is 2.61 bits per heavy atom. The summed E-state index contributed by atoms with van der Waals surface area (Å²) in [5.41, 5.74) is 0.798. The van der Waals surface area contributed by atoms with Gasteiger partial charge < -0.3 is 20.2 Å². The van der Waals surface area contributed by atoms with Crippen LogP contribution in [0, 0.1) is 0 Å². The highest BCUT2D eigenvalue weighted by Crippen LogP contribution is 2.01. The smallest absolute Gasteiger partial charge is 0.335 e. The van der Waals surface area contributed by atoms with E-state index in [-0.39, 0.29) is 18.0 Å². The van der Waals surface area contributed by atoms with Crippen LogP contribution in [0.15, 0.2) is 18.3 Å². The Morgan fingerprint density at radius 1 is 1.26 bits per heavy atom. The van der Waals surface area contributed by atoms with Gasteiger partial charge in [0.15, 0.2) is 0 Å². The molecule has 0 spiro atoms. The van der Waals surface area contributed by atoms with Crippen molar-refractivity contribution in [3.63, 3.8) is 0 Å². The average molecular weight is 322 g/mol. The largest absolute Gasteiger partial charge is 0.478 e. The molecular weight excluding hydrogens is 296 g/mol. The zero-order valence-electron chi connectivity index (χ0n) is 14.1. The lowest BCUT2D eigenvalue weighted by molar-refractivity contribution is -0.130. The van der Waals surface area contributed by atoms with Crippen molar-refractivity contribution in [2.24, 2.45) is 0 Å². The summed E-state index contributed by atoms with van der Waals surface area (Å²) in [5.74, 6) is -0.951. The Hall–Kier alpha value is -1.99. The summed E-state index contributed by atoms with van der Waals surface area (Å²) in [6.07, 6.45) is 1.46. The number of hydrogen-bond acceptors (Lipinski definition) is 5. The second-order valence-corrected chi connectivity index (χ2v) is 5.31. The van der Waals surface area contributed by atoms with Crippen molar-refractivity contribution in [3.8, 4) is 0 Å². The summed E-state index contributed by atoms with van der Waals surface area (Å²) >= 11 is 0. The lowest BCUT2D eigenvalue weighted by atomic mass is 10.2. The second kappa shape index (κ2) is 9.91. The van der Waals surface area contributed by atoms with Crippen LogP contribution < -0.4 is 5.32 Å². The first-order chi connectivity index (χ1) is 11.0. The summed E-state index contributed by atoms with van der Waals surface area (Å²) < 4.78 is 0. The number of nitrogens with one attached hydrogen (secondary N) is 1. The van der Waals surface area contributed by atoms with E-state index in [0.717, 1.165) is 13.1 Å². The summed E-state index contributed by atoms with van der Waals surface area (Å²) in [6.45, 7) is 7.79. The predicted octanol–water partition coefficient (Wildman–Crippen LogP) is 0.670. The van der Waals surface area contributed by atoms with E-state index in [2.05, 4.69) is 22.1 Å². The van der Waals surface area contributed by atoms with Gasteiger partial charge in [0.05, 0.1) is 17.8 Å². The molecule has 0 saturated heterocycles. The Labute approximate surface area is 137 Å². The van der Waals surface area contributed by atoms with Gasteiger partial charge in [0.1, 0.15) is 0 Å². The van der Waals surface area contributed by atoms with Crippen LogP contribution in [0.2, 0.25) is 0 Å². The molecule has 1 rings (SSSR count). The monoisotopic (exact) mass is 322 g/mol. The third kappa shape index (κ3) is 6.75. The van der Waals surface area contributed by atoms with E-state index in [1.807, 2.05) is 14.0 Å². The Kier molecular flexibility index (Phi) is 8.21. The topological polar surface area (TPSA) is 85.8 Å². The molecule has 0 aliphatic rings. The third-order valence-electron chi connectivity index (χ3n) is 3.67. The lowest BCUT2D eigenvalue weighted by Gasteiger charge is -2.24. The van der Waals surface area contributed by atoms with Gasteiger partial charge in [0.2, 0.25) is 5.91 Å². The summed E-state index contributed by atoms with van der Waals surface area (Å²) in [5, 5.41) is 12.0. The molecule has 1 amide bonds. The highest BCUT2D eigenvalue weighted by atomic mass is 16.4. The Bertz CT molecular complexity index is 522. The lowest BCUT2D eigenvalue weighted by Crippen LogP contribution is -2.41. The van der Waals surface area contributed by atoms with E-state index in [9.17, 15) is 9.59 Å². The zero-order chi connectivity index (χ0) is 17.2. The van der Waals surface area contributed by atoms with Crippen LogP contribution in [0.25, 0.3) is 0 Å². The fourth-order valence-corrected chi connectivity index (χ4v) is 2.03. The third-order valence-corrected chi connectivity index (χ3v) is 3.67. The van der Waals surface area contributed by atoms with E-state index in [4.69, 9.17) is 5.11 Å². The maximum absolute atomic E-state index is 12.2. The normalized spacial score (nSPS) is 10.8. The Morgan fingerprint density at radius 2 is 2.00 bits per heavy atom. The zero-order valence-corrected chi connectivity index (χ0v) is 14.1. The van der Waals surface area contributed by atoms with Crippen molar-refractivity contribution in [2.45, 2.75) is 20.4 Å². The molecule has 0 aliphatic carbocycles. The number of carbonyl (C=O) groups is 2. The van der Waals surface area contributed by atoms with E-state index < -0.39 is 5.97 Å². The number of pyridine rings is 1. The number of nitrogens with zero attached hydrogens (tertiary/aromatic N) is 3. The number of aromatic carboxylic acids is 1. The molecule has 7 nitrogen and oxygen atoms in total. The minimum atomic E-state index is -0.984. The van der Waals surface area contributed by atoms with Crippen molar-refractivity contribution < 1.29 is 14.7 Å². The SMILES string of the molecule is CCN(C)CCN(CC)C(=O)CNCc1cc(C(=O)O)ccn1. The molecule has 0 fully saturated rings. The minimum Gasteiger partial charge on any atom is -0.478 e. The standard InChI is InChI=1S/C16H26N4O3/c1-4-19(3)8-9-20(5-2)15(21)12-17-11-14-10-13(16(22)23)6-7-18-14/h6-7,10,17H,4-5,8-9,11-12H2,1-3H3,(H,22,23). The Balaban J connectivity index is 2.42. The predicted molar refractivity (Wildman–Crippen MR) is 88.3 cm³/mol. The van der Waals surface area contributed by atoms with Gasteiger partial charge in [-0.25, -0.2) is 4.79 Å². The number of carboxylic acid groups (broad SMARTS) is 1. The van der Waals surface area contributed by atoms with Crippen LogP contribution >= 0.6 is 0 Å². The van der Waals surface area contributed by atoms with Crippen molar-refractivity contribution in [3.05, 3.63) is 29.6 Å². The number of amides is 1. The maximum Gasteiger partial charge on any atom is 0.335 e. The van der Waals surface area contributed by atoms with Gasteiger partial charge in [-0.15, -0.1) is 0 Å². The van der Waals surface area contributed by atoms with E-state index in [0.29, 0.717) is 25.3 Å². The van der Waals surface area contributed by atoms with Gasteiger partial charge in [0.25, 0.3) is 0 Å². The van der Waals surface area contributed by atoms with Crippen molar-refractivity contribution >= 4 is 11.9 Å². The summed E-state index contributed by atoms with van der Waals surface area (Å²) in [6, 6.07) is 2.95. The molecule has 1 aromatic rings.